The second-order valence-electron chi connectivity index (χ2n) is 5.51. The van der Waals surface area contributed by atoms with Crippen molar-refractivity contribution in [2.75, 3.05) is 26.8 Å². The summed E-state index contributed by atoms with van der Waals surface area (Å²) < 4.78 is 19.0. The summed E-state index contributed by atoms with van der Waals surface area (Å²) in [5, 5.41) is 9.48. The summed E-state index contributed by atoms with van der Waals surface area (Å²) in [5.41, 5.74) is -0.301. The van der Waals surface area contributed by atoms with E-state index in [0.29, 0.717) is 31.7 Å². The second-order valence-corrected chi connectivity index (χ2v) is 5.51. The highest BCUT2D eigenvalue weighted by atomic mass is 19.1. The molecule has 1 aliphatic heterocycles. The maximum absolute atomic E-state index is 13.6. The Balaban J connectivity index is 2.04. The van der Waals surface area contributed by atoms with Crippen molar-refractivity contribution >= 4 is 5.97 Å². The Bertz CT molecular complexity index is 472. The van der Waals surface area contributed by atoms with Gasteiger partial charge in [0, 0.05) is 25.3 Å². The number of ether oxygens (including phenoxy) is 1. The molecule has 1 N–H and O–H groups in total. The highest BCUT2D eigenvalue weighted by Crippen LogP contribution is 2.30. The number of rotatable bonds is 5. The van der Waals surface area contributed by atoms with Crippen LogP contribution in [0.3, 0.4) is 0 Å². The second kappa shape index (κ2) is 6.33. The summed E-state index contributed by atoms with van der Waals surface area (Å²) >= 11 is 0. The van der Waals surface area contributed by atoms with E-state index in [1.807, 2.05) is 11.9 Å². The first-order valence-electron chi connectivity index (χ1n) is 6.77. The number of halogens is 1. The van der Waals surface area contributed by atoms with Crippen molar-refractivity contribution in [3.8, 4) is 0 Å². The van der Waals surface area contributed by atoms with E-state index >= 15 is 0 Å². The molecule has 5 heteroatoms. The van der Waals surface area contributed by atoms with Gasteiger partial charge in [-0.2, -0.15) is 0 Å². The Hall–Kier alpha value is -1.46. The van der Waals surface area contributed by atoms with Crippen LogP contribution in [0, 0.1) is 11.2 Å². The van der Waals surface area contributed by atoms with Gasteiger partial charge in [0.25, 0.3) is 0 Å². The van der Waals surface area contributed by atoms with E-state index in [1.54, 1.807) is 18.2 Å². The lowest BCUT2D eigenvalue weighted by Crippen LogP contribution is -2.47. The molecule has 0 radical (unpaired) electrons. The summed E-state index contributed by atoms with van der Waals surface area (Å²) in [7, 11) is 1.81. The SMILES string of the molecule is CN(Cc1ccccc1F)CC1(C(=O)O)CCCOC1. The number of carboxylic acid groups (broad SMARTS) is 1. The molecule has 0 amide bonds. The van der Waals surface area contributed by atoms with Gasteiger partial charge in [-0.05, 0) is 26.0 Å². The number of aliphatic carboxylic acids is 1. The van der Waals surface area contributed by atoms with Gasteiger partial charge in [-0.3, -0.25) is 4.79 Å². The molecule has 0 saturated carbocycles. The average Bonchev–Trinajstić information content (AvgIpc) is 2.42. The first-order chi connectivity index (χ1) is 9.53. The van der Waals surface area contributed by atoms with Crippen molar-refractivity contribution in [2.45, 2.75) is 19.4 Å². The summed E-state index contributed by atoms with van der Waals surface area (Å²) in [6, 6.07) is 6.56. The van der Waals surface area contributed by atoms with Crippen LogP contribution in [0.4, 0.5) is 4.39 Å². The number of hydrogen-bond donors (Lipinski definition) is 1. The number of benzene rings is 1. The van der Waals surface area contributed by atoms with Gasteiger partial charge in [0.1, 0.15) is 11.2 Å². The van der Waals surface area contributed by atoms with E-state index in [9.17, 15) is 14.3 Å². The van der Waals surface area contributed by atoms with Crippen LogP contribution in [0.5, 0.6) is 0 Å². The molecule has 1 aromatic carbocycles. The molecule has 1 heterocycles. The number of nitrogens with zero attached hydrogens (tertiary/aromatic N) is 1. The van der Waals surface area contributed by atoms with Crippen LogP contribution in [0.1, 0.15) is 18.4 Å². The highest BCUT2D eigenvalue weighted by Gasteiger charge is 2.41. The fourth-order valence-electron chi connectivity index (χ4n) is 2.70. The minimum atomic E-state index is -0.877. The molecule has 0 bridgehead atoms. The van der Waals surface area contributed by atoms with Crippen molar-refractivity contribution in [3.05, 3.63) is 35.6 Å². The molecule has 4 nitrogen and oxygen atoms in total. The van der Waals surface area contributed by atoms with Crippen molar-refractivity contribution in [1.29, 1.82) is 0 Å². The minimum absolute atomic E-state index is 0.226. The summed E-state index contributed by atoms with van der Waals surface area (Å²) in [4.78, 5) is 13.4. The fraction of sp³-hybridized carbons (Fsp3) is 0.533. The minimum Gasteiger partial charge on any atom is -0.481 e. The van der Waals surface area contributed by atoms with Gasteiger partial charge in [0.15, 0.2) is 0 Å². The molecule has 1 aliphatic rings. The zero-order valence-electron chi connectivity index (χ0n) is 11.6. The Morgan fingerprint density at radius 2 is 2.25 bits per heavy atom. The predicted octanol–water partition coefficient (Wildman–Crippen LogP) is 2.14. The van der Waals surface area contributed by atoms with E-state index in [2.05, 4.69) is 0 Å². The quantitative estimate of drug-likeness (QED) is 0.898. The summed E-state index contributed by atoms with van der Waals surface area (Å²) in [6.07, 6.45) is 1.35. The summed E-state index contributed by atoms with van der Waals surface area (Å²) in [6.45, 7) is 1.59. The van der Waals surface area contributed by atoms with Crippen LogP contribution in [0.25, 0.3) is 0 Å². The van der Waals surface area contributed by atoms with Gasteiger partial charge < -0.3 is 14.7 Å². The third-order valence-corrected chi connectivity index (χ3v) is 3.75. The van der Waals surface area contributed by atoms with E-state index in [1.165, 1.54) is 6.07 Å². The number of hydrogen-bond acceptors (Lipinski definition) is 3. The molecule has 110 valence electrons. The molecule has 1 atom stereocenters. The Morgan fingerprint density at radius 3 is 2.85 bits per heavy atom. The van der Waals surface area contributed by atoms with Crippen molar-refractivity contribution in [3.63, 3.8) is 0 Å². The molecule has 1 fully saturated rings. The third kappa shape index (κ3) is 3.35. The molecule has 0 spiro atoms. The summed E-state index contributed by atoms with van der Waals surface area (Å²) in [5.74, 6) is -1.10. The maximum atomic E-state index is 13.6. The standard InChI is InChI=1S/C15H20FNO3/c1-17(9-12-5-2-3-6-13(12)16)10-15(14(18)19)7-4-8-20-11-15/h2-3,5-6H,4,7-11H2,1H3,(H,18,19). The molecule has 1 unspecified atom stereocenters. The Morgan fingerprint density at radius 1 is 1.50 bits per heavy atom. The smallest absolute Gasteiger partial charge is 0.313 e. The molecule has 1 aromatic rings. The van der Waals surface area contributed by atoms with Crippen LogP contribution in [-0.2, 0) is 16.1 Å². The lowest BCUT2D eigenvalue weighted by Gasteiger charge is -2.36. The molecule has 20 heavy (non-hydrogen) atoms. The zero-order chi connectivity index (χ0) is 14.6. The van der Waals surface area contributed by atoms with Crippen molar-refractivity contribution in [1.82, 2.24) is 4.90 Å². The van der Waals surface area contributed by atoms with E-state index in [0.717, 1.165) is 6.42 Å². The predicted molar refractivity (Wildman–Crippen MR) is 72.9 cm³/mol. The lowest BCUT2D eigenvalue weighted by atomic mass is 9.82. The van der Waals surface area contributed by atoms with Gasteiger partial charge in [-0.1, -0.05) is 18.2 Å². The highest BCUT2D eigenvalue weighted by molar-refractivity contribution is 5.75. The largest absolute Gasteiger partial charge is 0.481 e. The van der Waals surface area contributed by atoms with Crippen LogP contribution >= 0.6 is 0 Å². The van der Waals surface area contributed by atoms with Gasteiger partial charge in [0.05, 0.1) is 6.61 Å². The zero-order valence-corrected chi connectivity index (χ0v) is 11.6. The first-order valence-corrected chi connectivity index (χ1v) is 6.77. The van der Waals surface area contributed by atoms with Gasteiger partial charge in [-0.25, -0.2) is 4.39 Å². The monoisotopic (exact) mass is 281 g/mol. The topological polar surface area (TPSA) is 49.8 Å². The molecular formula is C15H20FNO3. The van der Waals surface area contributed by atoms with Crippen LogP contribution in [0.15, 0.2) is 24.3 Å². The average molecular weight is 281 g/mol. The van der Waals surface area contributed by atoms with Gasteiger partial charge in [0.2, 0.25) is 0 Å². The molecule has 1 saturated heterocycles. The van der Waals surface area contributed by atoms with Crippen LogP contribution in [-0.4, -0.2) is 42.8 Å². The van der Waals surface area contributed by atoms with Crippen LogP contribution < -0.4 is 0 Å². The Labute approximate surface area is 118 Å². The van der Waals surface area contributed by atoms with Gasteiger partial charge >= 0.3 is 5.97 Å². The van der Waals surface area contributed by atoms with E-state index in [4.69, 9.17) is 4.74 Å². The van der Waals surface area contributed by atoms with Crippen molar-refractivity contribution < 1.29 is 19.0 Å². The maximum Gasteiger partial charge on any atom is 0.313 e. The molecule has 2 rings (SSSR count). The lowest BCUT2D eigenvalue weighted by molar-refractivity contribution is -0.159. The first kappa shape index (κ1) is 14.9. The molecule has 0 aromatic heterocycles. The van der Waals surface area contributed by atoms with Crippen LogP contribution in [0.2, 0.25) is 0 Å². The molecule has 0 aliphatic carbocycles. The van der Waals surface area contributed by atoms with Crippen molar-refractivity contribution in [2.24, 2.45) is 5.41 Å². The van der Waals surface area contributed by atoms with Gasteiger partial charge in [-0.15, -0.1) is 0 Å². The fourth-order valence-corrected chi connectivity index (χ4v) is 2.70. The normalized spacial score (nSPS) is 22.9. The number of carbonyl (C=O) groups is 1. The van der Waals surface area contributed by atoms with E-state index in [-0.39, 0.29) is 12.4 Å². The molecular weight excluding hydrogens is 261 g/mol. The Kier molecular flexibility index (Phi) is 4.73. The van der Waals surface area contributed by atoms with E-state index < -0.39 is 11.4 Å². The number of carboxylic acids is 1. The third-order valence-electron chi connectivity index (χ3n) is 3.75.